The van der Waals surface area contributed by atoms with Crippen LogP contribution < -0.4 is 10.4 Å². The van der Waals surface area contributed by atoms with Gasteiger partial charge in [-0.3, -0.25) is 9.59 Å². The van der Waals surface area contributed by atoms with Gasteiger partial charge in [-0.05, 0) is 32.0 Å². The third kappa shape index (κ3) is 3.54. The van der Waals surface area contributed by atoms with E-state index in [1.165, 1.54) is 13.0 Å². The van der Waals surface area contributed by atoms with Crippen molar-refractivity contribution in [2.24, 2.45) is 5.92 Å². The van der Waals surface area contributed by atoms with Crippen LogP contribution in [-0.4, -0.2) is 23.6 Å². The predicted octanol–water partition coefficient (Wildman–Crippen LogP) is 3.14. The summed E-state index contributed by atoms with van der Waals surface area (Å²) in [4.78, 5) is 35.6. The number of rotatable bonds is 4. The summed E-state index contributed by atoms with van der Waals surface area (Å²) < 4.78 is 22.5. The van der Waals surface area contributed by atoms with Gasteiger partial charge in [-0.15, -0.1) is 0 Å². The van der Waals surface area contributed by atoms with Gasteiger partial charge in [0.1, 0.15) is 16.9 Å². The fourth-order valence-electron chi connectivity index (χ4n) is 3.17. The molecule has 7 nitrogen and oxygen atoms in total. The fraction of sp³-hybridized carbons (Fsp3) is 0.450. The fourth-order valence-corrected chi connectivity index (χ4v) is 3.17. The highest BCUT2D eigenvalue weighted by Gasteiger charge is 2.50. The summed E-state index contributed by atoms with van der Waals surface area (Å²) >= 11 is 0. The molecule has 0 bridgehead atoms. The Kier molecular flexibility index (Phi) is 4.71. The molecule has 0 saturated carbocycles. The molecule has 1 aromatic carbocycles. The minimum Gasteiger partial charge on any atom is -0.481 e. The van der Waals surface area contributed by atoms with Crippen molar-refractivity contribution in [1.29, 1.82) is 0 Å². The van der Waals surface area contributed by atoms with Gasteiger partial charge < -0.3 is 18.6 Å². The van der Waals surface area contributed by atoms with Crippen molar-refractivity contribution < 1.29 is 28.2 Å². The van der Waals surface area contributed by atoms with Crippen LogP contribution in [0.1, 0.15) is 46.3 Å². The molecular formula is C20H22O7. The van der Waals surface area contributed by atoms with Gasteiger partial charge in [-0.2, -0.15) is 0 Å². The summed E-state index contributed by atoms with van der Waals surface area (Å²) in [5, 5.41) is 0.675. The van der Waals surface area contributed by atoms with Crippen LogP contribution in [0.5, 0.6) is 5.75 Å². The standard InChI is InChI=1S/C20H22O7/c1-10(2)19(23)26-17-15-13(24-18(17)20(4,5)27-11(3)21)8-6-12-7-9-14(22)25-16(12)15/h6-10,17-18H,1-5H3/t17-,18-/m1/s1. The lowest BCUT2D eigenvalue weighted by atomic mass is 9.93. The van der Waals surface area contributed by atoms with E-state index in [-0.39, 0.29) is 5.92 Å². The van der Waals surface area contributed by atoms with Gasteiger partial charge >= 0.3 is 17.6 Å². The van der Waals surface area contributed by atoms with E-state index in [9.17, 15) is 14.4 Å². The zero-order valence-corrected chi connectivity index (χ0v) is 15.9. The molecule has 2 aromatic rings. The lowest BCUT2D eigenvalue weighted by molar-refractivity contribution is -0.177. The molecule has 0 unspecified atom stereocenters. The molecule has 2 heterocycles. The molecule has 27 heavy (non-hydrogen) atoms. The summed E-state index contributed by atoms with van der Waals surface area (Å²) in [5.74, 6) is -0.864. The molecule has 0 radical (unpaired) electrons. The molecule has 7 heteroatoms. The zero-order chi connectivity index (χ0) is 19.9. The topological polar surface area (TPSA) is 92.0 Å². The number of carbonyl (C=O) groups is 2. The number of hydrogen-bond acceptors (Lipinski definition) is 7. The van der Waals surface area contributed by atoms with Crippen LogP contribution >= 0.6 is 0 Å². The quantitative estimate of drug-likeness (QED) is 0.599. The Labute approximate surface area is 156 Å². The van der Waals surface area contributed by atoms with E-state index in [4.69, 9.17) is 18.6 Å². The van der Waals surface area contributed by atoms with E-state index in [1.54, 1.807) is 45.9 Å². The van der Waals surface area contributed by atoms with Gasteiger partial charge in [-0.1, -0.05) is 13.8 Å². The van der Waals surface area contributed by atoms with Crippen molar-refractivity contribution in [2.75, 3.05) is 0 Å². The zero-order valence-electron chi connectivity index (χ0n) is 15.9. The summed E-state index contributed by atoms with van der Waals surface area (Å²) in [6.45, 7) is 8.09. The van der Waals surface area contributed by atoms with Crippen molar-refractivity contribution in [3.8, 4) is 5.75 Å². The van der Waals surface area contributed by atoms with Crippen LogP contribution in [0.25, 0.3) is 11.0 Å². The highest BCUT2D eigenvalue weighted by Crippen LogP contribution is 2.47. The Hall–Kier alpha value is -2.83. The Morgan fingerprint density at radius 2 is 1.81 bits per heavy atom. The smallest absolute Gasteiger partial charge is 0.336 e. The number of esters is 2. The van der Waals surface area contributed by atoms with Crippen molar-refractivity contribution in [2.45, 2.75) is 52.4 Å². The van der Waals surface area contributed by atoms with Crippen LogP contribution in [0, 0.1) is 5.92 Å². The SMILES string of the molecule is CC(=O)OC(C)(C)[C@@H]1Oc2ccc3ccc(=O)oc3c2[C@H]1OC(=O)C(C)C. The first-order chi connectivity index (χ1) is 12.6. The summed E-state index contributed by atoms with van der Waals surface area (Å²) in [6.07, 6.45) is -1.69. The molecule has 0 aliphatic carbocycles. The maximum Gasteiger partial charge on any atom is 0.336 e. The van der Waals surface area contributed by atoms with Crippen LogP contribution in [0.2, 0.25) is 0 Å². The van der Waals surface area contributed by atoms with Gasteiger partial charge in [0.25, 0.3) is 0 Å². The highest BCUT2D eigenvalue weighted by molar-refractivity contribution is 5.84. The largest absolute Gasteiger partial charge is 0.481 e. The Morgan fingerprint density at radius 1 is 1.15 bits per heavy atom. The summed E-state index contributed by atoms with van der Waals surface area (Å²) in [7, 11) is 0. The predicted molar refractivity (Wildman–Crippen MR) is 96.4 cm³/mol. The molecule has 144 valence electrons. The second kappa shape index (κ2) is 6.72. The summed E-state index contributed by atoms with van der Waals surface area (Å²) in [6, 6.07) is 6.42. The second-order valence-corrected chi connectivity index (χ2v) is 7.40. The molecule has 1 aliphatic rings. The highest BCUT2D eigenvalue weighted by atomic mass is 16.6. The first kappa shape index (κ1) is 18.9. The van der Waals surface area contributed by atoms with Crippen LogP contribution in [0.15, 0.2) is 33.5 Å². The van der Waals surface area contributed by atoms with Crippen LogP contribution in [0.3, 0.4) is 0 Å². The van der Waals surface area contributed by atoms with E-state index in [0.29, 0.717) is 22.3 Å². The molecule has 1 aromatic heterocycles. The van der Waals surface area contributed by atoms with Crippen molar-refractivity contribution in [3.05, 3.63) is 40.2 Å². The summed E-state index contributed by atoms with van der Waals surface area (Å²) in [5.41, 5.74) is -0.853. The van der Waals surface area contributed by atoms with Gasteiger partial charge in [0, 0.05) is 18.4 Å². The van der Waals surface area contributed by atoms with Crippen molar-refractivity contribution in [1.82, 2.24) is 0 Å². The van der Waals surface area contributed by atoms with Crippen LogP contribution in [-0.2, 0) is 19.1 Å². The third-order valence-corrected chi connectivity index (χ3v) is 4.41. The average molecular weight is 374 g/mol. The van der Waals surface area contributed by atoms with Gasteiger partial charge in [-0.25, -0.2) is 4.79 Å². The normalized spacial score (nSPS) is 18.9. The van der Waals surface area contributed by atoms with Gasteiger partial charge in [0.05, 0.1) is 11.5 Å². The van der Waals surface area contributed by atoms with Crippen LogP contribution in [0.4, 0.5) is 0 Å². The number of ether oxygens (including phenoxy) is 3. The van der Waals surface area contributed by atoms with E-state index in [1.807, 2.05) is 0 Å². The van der Waals surface area contributed by atoms with E-state index in [2.05, 4.69) is 0 Å². The number of hydrogen-bond donors (Lipinski definition) is 0. The maximum atomic E-state index is 12.3. The van der Waals surface area contributed by atoms with E-state index in [0.717, 1.165) is 0 Å². The van der Waals surface area contributed by atoms with E-state index >= 15 is 0 Å². The maximum absolute atomic E-state index is 12.3. The van der Waals surface area contributed by atoms with Gasteiger partial charge in [0.2, 0.25) is 0 Å². The Bertz CT molecular complexity index is 954. The molecule has 0 amide bonds. The molecule has 1 aliphatic heterocycles. The minimum absolute atomic E-state index is 0.294. The molecule has 0 N–H and O–H groups in total. The molecule has 3 rings (SSSR count). The Morgan fingerprint density at radius 3 is 2.44 bits per heavy atom. The second-order valence-electron chi connectivity index (χ2n) is 7.40. The lowest BCUT2D eigenvalue weighted by Crippen LogP contribution is -2.46. The third-order valence-electron chi connectivity index (χ3n) is 4.41. The minimum atomic E-state index is -1.09. The molecule has 2 atom stereocenters. The van der Waals surface area contributed by atoms with Gasteiger partial charge in [0.15, 0.2) is 12.2 Å². The first-order valence-electron chi connectivity index (χ1n) is 8.73. The molecular weight excluding hydrogens is 352 g/mol. The number of benzene rings is 1. The molecule has 0 saturated heterocycles. The Balaban J connectivity index is 2.15. The molecule has 0 fully saturated rings. The van der Waals surface area contributed by atoms with Crippen molar-refractivity contribution >= 4 is 22.9 Å². The van der Waals surface area contributed by atoms with Crippen molar-refractivity contribution in [3.63, 3.8) is 0 Å². The number of carbonyl (C=O) groups excluding carboxylic acids is 2. The average Bonchev–Trinajstić information content (AvgIpc) is 2.93. The molecule has 0 spiro atoms. The monoisotopic (exact) mass is 374 g/mol. The lowest BCUT2D eigenvalue weighted by Gasteiger charge is -2.33. The number of fused-ring (bicyclic) bond motifs is 3. The first-order valence-corrected chi connectivity index (χ1v) is 8.73. The van der Waals surface area contributed by atoms with E-state index < -0.39 is 35.4 Å².